The summed E-state index contributed by atoms with van der Waals surface area (Å²) in [6.45, 7) is 9.05. The second-order valence-corrected chi connectivity index (χ2v) is 12.4. The summed E-state index contributed by atoms with van der Waals surface area (Å²) < 4.78 is 12.7. The van der Waals surface area contributed by atoms with Crippen LogP contribution in [-0.4, -0.2) is 50.6 Å². The number of nitrogens with one attached hydrogen (secondary N) is 1. The number of benzene rings is 3. The Morgan fingerprint density at radius 2 is 1.89 bits per heavy atom. The molecule has 0 aliphatic carbocycles. The molecule has 0 saturated carbocycles. The number of carboxylic acids is 1. The Morgan fingerprint density at radius 1 is 1.07 bits per heavy atom. The molecule has 0 amide bonds. The van der Waals surface area contributed by atoms with Crippen molar-refractivity contribution in [2.45, 2.75) is 46.1 Å². The summed E-state index contributed by atoms with van der Waals surface area (Å²) in [4.78, 5) is 30.1. The van der Waals surface area contributed by atoms with Crippen LogP contribution in [0.4, 0.5) is 0 Å². The van der Waals surface area contributed by atoms with Crippen molar-refractivity contribution in [1.82, 2.24) is 20.3 Å². The zero-order chi connectivity index (χ0) is 31.3. The number of aromatic nitrogens is 3. The average molecular weight is 600 g/mol. The van der Waals surface area contributed by atoms with Crippen molar-refractivity contribution in [3.05, 3.63) is 95.3 Å². The van der Waals surface area contributed by atoms with Crippen molar-refractivity contribution >= 4 is 39.1 Å². The molecule has 0 fully saturated rings. The minimum Gasteiger partial charge on any atom is -0.492 e. The van der Waals surface area contributed by atoms with Crippen LogP contribution in [0, 0.1) is 6.92 Å². The summed E-state index contributed by atoms with van der Waals surface area (Å²) in [5.74, 6) is 1.18. The van der Waals surface area contributed by atoms with Crippen molar-refractivity contribution in [3.8, 4) is 22.6 Å². The van der Waals surface area contributed by atoms with Gasteiger partial charge in [-0.3, -0.25) is 14.8 Å². The molecule has 2 aliphatic rings. The van der Waals surface area contributed by atoms with Crippen molar-refractivity contribution in [3.63, 3.8) is 0 Å². The van der Waals surface area contributed by atoms with Crippen LogP contribution in [0.5, 0.6) is 11.5 Å². The van der Waals surface area contributed by atoms with E-state index in [0.717, 1.165) is 84.2 Å². The van der Waals surface area contributed by atoms with E-state index in [1.807, 2.05) is 52.2 Å². The SMILES string of the molecule is Cc1cc2cc(C3=CNC(c4cncnc4)=NC3)ccc2c(-c2c(OC(C)(C)C)cc3c4c(ccnc24)CCO3)c1CC(=O)O. The Kier molecular flexibility index (Phi) is 6.96. The Hall–Kier alpha value is -5.31. The van der Waals surface area contributed by atoms with E-state index in [-0.39, 0.29) is 6.42 Å². The fourth-order valence-electron chi connectivity index (χ4n) is 6.23. The maximum atomic E-state index is 12.3. The first-order valence-corrected chi connectivity index (χ1v) is 15.0. The molecular weight excluding hydrogens is 566 g/mol. The van der Waals surface area contributed by atoms with Gasteiger partial charge in [0.1, 0.15) is 29.3 Å². The van der Waals surface area contributed by atoms with Crippen LogP contribution in [0.25, 0.3) is 38.4 Å². The molecule has 0 spiro atoms. The van der Waals surface area contributed by atoms with Gasteiger partial charge in [0, 0.05) is 42.7 Å². The second kappa shape index (κ2) is 11.0. The minimum atomic E-state index is -0.899. The predicted octanol–water partition coefficient (Wildman–Crippen LogP) is 6.28. The number of amidine groups is 1. The van der Waals surface area contributed by atoms with Crippen LogP contribution >= 0.6 is 0 Å². The number of aliphatic imine (C=N–C) groups is 1. The Bertz CT molecular complexity index is 2060. The van der Waals surface area contributed by atoms with E-state index in [1.165, 1.54) is 6.33 Å². The molecular formula is C36H33N5O4. The molecule has 0 bridgehead atoms. The molecule has 9 heteroatoms. The monoisotopic (exact) mass is 599 g/mol. The molecule has 7 rings (SSSR count). The number of nitrogens with zero attached hydrogens (tertiary/aromatic N) is 4. The average Bonchev–Trinajstić information content (AvgIpc) is 3.02. The Balaban J connectivity index is 1.44. The van der Waals surface area contributed by atoms with Gasteiger partial charge in [-0.1, -0.05) is 18.2 Å². The molecule has 2 aromatic heterocycles. The lowest BCUT2D eigenvalue weighted by Crippen LogP contribution is -2.24. The smallest absolute Gasteiger partial charge is 0.307 e. The zero-order valence-electron chi connectivity index (χ0n) is 25.6. The van der Waals surface area contributed by atoms with E-state index in [1.54, 1.807) is 12.4 Å². The lowest BCUT2D eigenvalue weighted by molar-refractivity contribution is -0.136. The molecule has 0 unspecified atom stereocenters. The van der Waals surface area contributed by atoms with E-state index in [9.17, 15) is 9.90 Å². The highest BCUT2D eigenvalue weighted by molar-refractivity contribution is 6.11. The molecule has 2 aliphatic heterocycles. The lowest BCUT2D eigenvalue weighted by Gasteiger charge is -2.28. The van der Waals surface area contributed by atoms with Crippen molar-refractivity contribution in [2.75, 3.05) is 13.2 Å². The number of hydrogen-bond donors (Lipinski definition) is 2. The van der Waals surface area contributed by atoms with Gasteiger partial charge < -0.3 is 19.9 Å². The summed E-state index contributed by atoms with van der Waals surface area (Å²) in [5.41, 5.74) is 7.48. The van der Waals surface area contributed by atoms with Crippen molar-refractivity contribution < 1.29 is 19.4 Å². The van der Waals surface area contributed by atoms with Crippen LogP contribution < -0.4 is 14.8 Å². The van der Waals surface area contributed by atoms with Crippen LogP contribution in [0.2, 0.25) is 0 Å². The van der Waals surface area contributed by atoms with Gasteiger partial charge >= 0.3 is 5.97 Å². The fraction of sp³-hybridized carbons (Fsp3) is 0.250. The van der Waals surface area contributed by atoms with Gasteiger partial charge in [0.15, 0.2) is 0 Å². The number of fused-ring (bicyclic) bond motifs is 1. The molecule has 2 N–H and O–H groups in total. The van der Waals surface area contributed by atoms with Gasteiger partial charge in [-0.15, -0.1) is 0 Å². The maximum Gasteiger partial charge on any atom is 0.307 e. The number of carbonyl (C=O) groups is 1. The van der Waals surface area contributed by atoms with Crippen LogP contribution in [0.15, 0.2) is 72.5 Å². The van der Waals surface area contributed by atoms with Gasteiger partial charge in [-0.05, 0) is 84.0 Å². The fourth-order valence-corrected chi connectivity index (χ4v) is 6.23. The highest BCUT2D eigenvalue weighted by atomic mass is 16.5. The molecule has 0 saturated heterocycles. The van der Waals surface area contributed by atoms with Crippen LogP contribution in [0.1, 0.15) is 48.6 Å². The number of rotatable bonds is 6. The third kappa shape index (κ3) is 5.35. The Morgan fingerprint density at radius 3 is 2.62 bits per heavy atom. The molecule has 5 aromatic rings. The molecule has 0 radical (unpaired) electrons. The summed E-state index contributed by atoms with van der Waals surface area (Å²) in [6, 6.07) is 12.3. The molecule has 0 atom stereocenters. The zero-order valence-corrected chi connectivity index (χ0v) is 25.6. The van der Waals surface area contributed by atoms with Gasteiger partial charge in [0.2, 0.25) is 0 Å². The predicted molar refractivity (Wildman–Crippen MR) is 175 cm³/mol. The summed E-state index contributed by atoms with van der Waals surface area (Å²) >= 11 is 0. The molecule has 45 heavy (non-hydrogen) atoms. The molecule has 9 nitrogen and oxygen atoms in total. The molecule has 226 valence electrons. The first-order chi connectivity index (χ1) is 21.7. The number of carboxylic acid groups (broad SMARTS) is 1. The first kappa shape index (κ1) is 28.5. The van der Waals surface area contributed by atoms with E-state index in [0.29, 0.717) is 18.9 Å². The van der Waals surface area contributed by atoms with E-state index in [2.05, 4.69) is 39.6 Å². The molecule has 3 aromatic carbocycles. The first-order valence-electron chi connectivity index (χ1n) is 15.0. The maximum absolute atomic E-state index is 12.3. The topological polar surface area (TPSA) is 119 Å². The third-order valence-electron chi connectivity index (χ3n) is 8.12. The van der Waals surface area contributed by atoms with Crippen molar-refractivity contribution in [2.24, 2.45) is 4.99 Å². The van der Waals surface area contributed by atoms with Gasteiger partial charge in [0.25, 0.3) is 0 Å². The standard InChI is InChI=1S/C36H33N5O4/c1-20-11-23-12-22(24-17-40-35(41-18-24)25-15-37-19-38-16-25)5-6-26(23)32(27(20)13-30(42)43)33-29(45-36(2,3)4)14-28-31-21(8-10-44-28)7-9-39-34(31)33/h5-7,9,11-12,14-17,19H,8,10,13,18H2,1-4H3,(H,40,41)(H,42,43). The number of hydrogen-bond acceptors (Lipinski definition) is 8. The van der Waals surface area contributed by atoms with E-state index >= 15 is 0 Å². The van der Waals surface area contributed by atoms with Gasteiger partial charge in [-0.2, -0.15) is 0 Å². The second-order valence-electron chi connectivity index (χ2n) is 12.4. The van der Waals surface area contributed by atoms with Crippen LogP contribution in [-0.2, 0) is 17.6 Å². The summed E-state index contributed by atoms with van der Waals surface area (Å²) in [7, 11) is 0. The number of pyridine rings is 1. The number of aliphatic carboxylic acids is 1. The van der Waals surface area contributed by atoms with Gasteiger partial charge in [-0.25, -0.2) is 9.97 Å². The van der Waals surface area contributed by atoms with Gasteiger partial charge in [0.05, 0.1) is 36.2 Å². The minimum absolute atomic E-state index is 0.136. The van der Waals surface area contributed by atoms with Crippen molar-refractivity contribution in [1.29, 1.82) is 0 Å². The number of ether oxygens (including phenoxy) is 2. The number of aryl methyl sites for hydroxylation is 1. The van der Waals surface area contributed by atoms with Crippen LogP contribution in [0.3, 0.4) is 0 Å². The quantitative estimate of drug-likeness (QED) is 0.234. The molecule has 4 heterocycles. The highest BCUT2D eigenvalue weighted by Gasteiger charge is 2.28. The largest absolute Gasteiger partial charge is 0.492 e. The summed E-state index contributed by atoms with van der Waals surface area (Å²) in [5, 5.41) is 16.2. The Labute approximate surface area is 260 Å². The van der Waals surface area contributed by atoms with E-state index < -0.39 is 11.6 Å². The highest BCUT2D eigenvalue weighted by Crippen LogP contribution is 2.48. The van der Waals surface area contributed by atoms with E-state index in [4.69, 9.17) is 19.5 Å². The lowest BCUT2D eigenvalue weighted by atomic mass is 9.85. The summed E-state index contributed by atoms with van der Waals surface area (Å²) in [6.07, 6.45) is 9.38. The normalized spacial score (nSPS) is 14.4. The third-order valence-corrected chi connectivity index (χ3v) is 8.12.